The van der Waals surface area contributed by atoms with Crippen molar-refractivity contribution in [2.45, 2.75) is 13.3 Å². The van der Waals surface area contributed by atoms with Crippen molar-refractivity contribution in [3.8, 4) is 11.5 Å². The summed E-state index contributed by atoms with van der Waals surface area (Å²) in [6, 6.07) is 8.86. The number of hydrogen-bond acceptors (Lipinski definition) is 5. The van der Waals surface area contributed by atoms with Crippen LogP contribution in [-0.2, 0) is 16.0 Å². The van der Waals surface area contributed by atoms with E-state index in [1.54, 1.807) is 30.0 Å². The van der Waals surface area contributed by atoms with E-state index in [0.717, 1.165) is 17.7 Å². The molecule has 1 heterocycles. The first kappa shape index (κ1) is 19.8. The summed E-state index contributed by atoms with van der Waals surface area (Å²) in [4.78, 5) is 25.7. The zero-order valence-electron chi connectivity index (χ0n) is 16.0. The van der Waals surface area contributed by atoms with Crippen LogP contribution in [0.5, 0.6) is 11.5 Å². The fourth-order valence-electron chi connectivity index (χ4n) is 3.18. The largest absolute Gasteiger partial charge is 0.493 e. The number of ether oxygens (including phenoxy) is 2. The quantitative estimate of drug-likeness (QED) is 0.773. The van der Waals surface area contributed by atoms with E-state index in [1.165, 1.54) is 14.2 Å². The number of rotatable bonds is 6. The molecule has 0 saturated carbocycles. The molecule has 7 nitrogen and oxygen atoms in total. The van der Waals surface area contributed by atoms with Crippen LogP contribution in [0.15, 0.2) is 30.3 Å². The van der Waals surface area contributed by atoms with E-state index in [0.29, 0.717) is 34.4 Å². The van der Waals surface area contributed by atoms with Crippen LogP contribution in [0.25, 0.3) is 0 Å². The highest BCUT2D eigenvalue weighted by molar-refractivity contribution is 6.33. The Morgan fingerprint density at radius 3 is 2.54 bits per heavy atom. The predicted molar refractivity (Wildman–Crippen MR) is 110 cm³/mol. The average Bonchev–Trinajstić information content (AvgIpc) is 3.10. The minimum atomic E-state index is -0.216. The molecule has 0 aliphatic carbocycles. The van der Waals surface area contributed by atoms with Crippen molar-refractivity contribution in [2.24, 2.45) is 0 Å². The Bertz CT molecular complexity index is 917. The normalized spacial score (nSPS) is 12.4. The molecule has 0 bridgehead atoms. The molecule has 148 valence electrons. The summed E-state index contributed by atoms with van der Waals surface area (Å²) < 4.78 is 10.4. The van der Waals surface area contributed by atoms with Gasteiger partial charge in [-0.1, -0.05) is 11.6 Å². The van der Waals surface area contributed by atoms with E-state index in [9.17, 15) is 9.59 Å². The number of amides is 2. The lowest BCUT2D eigenvalue weighted by Gasteiger charge is -2.15. The van der Waals surface area contributed by atoms with Crippen molar-refractivity contribution in [1.82, 2.24) is 0 Å². The second-order valence-electron chi connectivity index (χ2n) is 6.35. The van der Waals surface area contributed by atoms with Crippen LogP contribution in [-0.4, -0.2) is 39.1 Å². The summed E-state index contributed by atoms with van der Waals surface area (Å²) in [5.41, 5.74) is 3.21. The lowest BCUT2D eigenvalue weighted by molar-refractivity contribution is -0.116. The molecular weight excluding hydrogens is 382 g/mol. The van der Waals surface area contributed by atoms with Gasteiger partial charge >= 0.3 is 0 Å². The maximum absolute atomic E-state index is 12.3. The first-order chi connectivity index (χ1) is 13.4. The van der Waals surface area contributed by atoms with Gasteiger partial charge in [-0.3, -0.25) is 9.59 Å². The molecule has 0 fully saturated rings. The second-order valence-corrected chi connectivity index (χ2v) is 6.76. The topological polar surface area (TPSA) is 79.9 Å². The molecule has 0 spiro atoms. The molecule has 2 N–H and O–H groups in total. The monoisotopic (exact) mass is 403 g/mol. The van der Waals surface area contributed by atoms with Crippen molar-refractivity contribution in [1.29, 1.82) is 0 Å². The van der Waals surface area contributed by atoms with Gasteiger partial charge in [0, 0.05) is 37.0 Å². The first-order valence-electron chi connectivity index (χ1n) is 8.79. The molecule has 0 aromatic heterocycles. The molecule has 0 atom stereocenters. The van der Waals surface area contributed by atoms with E-state index in [2.05, 4.69) is 10.6 Å². The van der Waals surface area contributed by atoms with Crippen LogP contribution >= 0.6 is 11.6 Å². The average molecular weight is 404 g/mol. The van der Waals surface area contributed by atoms with Gasteiger partial charge in [-0.2, -0.15) is 0 Å². The van der Waals surface area contributed by atoms with Gasteiger partial charge in [0.2, 0.25) is 11.8 Å². The van der Waals surface area contributed by atoms with Crippen molar-refractivity contribution >= 4 is 40.5 Å². The van der Waals surface area contributed by atoms with E-state index >= 15 is 0 Å². The number of fused-ring (bicyclic) bond motifs is 1. The van der Waals surface area contributed by atoms with Gasteiger partial charge in [-0.05, 0) is 30.2 Å². The second kappa shape index (κ2) is 8.39. The summed E-state index contributed by atoms with van der Waals surface area (Å²) in [7, 11) is 3.06. The summed E-state index contributed by atoms with van der Waals surface area (Å²) in [6.45, 7) is 2.25. The van der Waals surface area contributed by atoms with E-state index in [1.807, 2.05) is 12.1 Å². The Morgan fingerprint density at radius 1 is 1.14 bits per heavy atom. The van der Waals surface area contributed by atoms with Crippen LogP contribution in [0.3, 0.4) is 0 Å². The maximum atomic E-state index is 12.3. The zero-order chi connectivity index (χ0) is 20.3. The summed E-state index contributed by atoms with van der Waals surface area (Å²) in [6.07, 6.45) is 0.776. The van der Waals surface area contributed by atoms with Crippen molar-refractivity contribution in [2.75, 3.05) is 42.8 Å². The third-order valence-corrected chi connectivity index (χ3v) is 4.86. The molecule has 0 saturated heterocycles. The third kappa shape index (κ3) is 4.14. The minimum Gasteiger partial charge on any atom is -0.493 e. The summed E-state index contributed by atoms with van der Waals surface area (Å²) in [5.74, 6) is 0.836. The third-order valence-electron chi connectivity index (χ3n) is 4.55. The van der Waals surface area contributed by atoms with Gasteiger partial charge in [-0.25, -0.2) is 0 Å². The molecule has 8 heteroatoms. The fourth-order valence-corrected chi connectivity index (χ4v) is 3.40. The molecule has 1 aliphatic heterocycles. The summed E-state index contributed by atoms with van der Waals surface area (Å²) >= 11 is 6.22. The Balaban J connectivity index is 1.63. The standard InChI is InChI=1S/C20H22ClN3O4/c1-12(25)24-7-6-13-8-14(4-5-17(13)24)23-20(26)11-22-16-10-19(28-3)18(27-2)9-15(16)21/h4-5,8-10,22H,6-7,11H2,1-3H3,(H,23,26). The van der Waals surface area contributed by atoms with E-state index < -0.39 is 0 Å². The first-order valence-corrected chi connectivity index (χ1v) is 9.17. The highest BCUT2D eigenvalue weighted by Crippen LogP contribution is 2.36. The van der Waals surface area contributed by atoms with E-state index in [-0.39, 0.29) is 18.4 Å². The Labute approximate surface area is 168 Å². The molecule has 3 rings (SSSR count). The number of hydrogen-bond donors (Lipinski definition) is 2. The number of carbonyl (C=O) groups excluding carboxylic acids is 2. The van der Waals surface area contributed by atoms with Crippen LogP contribution in [0.4, 0.5) is 17.1 Å². The SMILES string of the molecule is COc1cc(Cl)c(NCC(=O)Nc2ccc3c(c2)CCN3C(C)=O)cc1OC. The van der Waals surface area contributed by atoms with Crippen molar-refractivity contribution in [3.05, 3.63) is 40.9 Å². The number of nitrogens with one attached hydrogen (secondary N) is 2. The number of benzene rings is 2. The van der Waals surface area contributed by atoms with Gasteiger partial charge in [0.05, 0.1) is 31.5 Å². The highest BCUT2D eigenvalue weighted by Gasteiger charge is 2.22. The van der Waals surface area contributed by atoms with Crippen molar-refractivity contribution < 1.29 is 19.1 Å². The van der Waals surface area contributed by atoms with Gasteiger partial charge in [0.1, 0.15) is 0 Å². The van der Waals surface area contributed by atoms with Crippen LogP contribution in [0.2, 0.25) is 5.02 Å². The van der Waals surface area contributed by atoms with Crippen LogP contribution in [0, 0.1) is 0 Å². The maximum Gasteiger partial charge on any atom is 0.243 e. The highest BCUT2D eigenvalue weighted by atomic mass is 35.5. The lowest BCUT2D eigenvalue weighted by Crippen LogP contribution is -2.25. The number of anilines is 3. The Kier molecular flexibility index (Phi) is 5.94. The minimum absolute atomic E-state index is 0.0199. The predicted octanol–water partition coefficient (Wildman–Crippen LogP) is 3.32. The Morgan fingerprint density at radius 2 is 1.86 bits per heavy atom. The zero-order valence-corrected chi connectivity index (χ0v) is 16.7. The van der Waals surface area contributed by atoms with E-state index in [4.69, 9.17) is 21.1 Å². The van der Waals surface area contributed by atoms with Crippen LogP contribution in [0.1, 0.15) is 12.5 Å². The molecule has 0 radical (unpaired) electrons. The van der Waals surface area contributed by atoms with Gasteiger partial charge in [0.25, 0.3) is 0 Å². The lowest BCUT2D eigenvalue weighted by atomic mass is 10.1. The molecule has 1 aliphatic rings. The van der Waals surface area contributed by atoms with Gasteiger partial charge in [-0.15, -0.1) is 0 Å². The molecular formula is C20H22ClN3O4. The number of halogens is 1. The molecule has 2 aromatic carbocycles. The molecule has 0 unspecified atom stereocenters. The fraction of sp³-hybridized carbons (Fsp3) is 0.300. The number of carbonyl (C=O) groups is 2. The van der Waals surface area contributed by atoms with Crippen molar-refractivity contribution in [3.63, 3.8) is 0 Å². The Hall–Kier alpha value is -2.93. The van der Waals surface area contributed by atoms with Gasteiger partial charge in [0.15, 0.2) is 11.5 Å². The number of methoxy groups -OCH3 is 2. The van der Waals surface area contributed by atoms with Crippen LogP contribution < -0.4 is 25.0 Å². The molecule has 2 aromatic rings. The van der Waals surface area contributed by atoms with Gasteiger partial charge < -0.3 is 25.0 Å². The summed E-state index contributed by atoms with van der Waals surface area (Å²) in [5, 5.41) is 6.28. The number of nitrogens with zero attached hydrogens (tertiary/aromatic N) is 1. The smallest absolute Gasteiger partial charge is 0.243 e. The molecule has 28 heavy (non-hydrogen) atoms. The molecule has 2 amide bonds.